The van der Waals surface area contributed by atoms with E-state index in [9.17, 15) is 13.2 Å². The first-order valence-corrected chi connectivity index (χ1v) is 13.0. The van der Waals surface area contributed by atoms with Gasteiger partial charge in [-0.05, 0) is 63.2 Å². The molecule has 1 aliphatic heterocycles. The number of thiazole rings is 1. The van der Waals surface area contributed by atoms with Gasteiger partial charge in [0.1, 0.15) is 0 Å². The van der Waals surface area contributed by atoms with Crippen LogP contribution in [-0.2, 0) is 21.3 Å². The van der Waals surface area contributed by atoms with Crippen molar-refractivity contribution in [2.75, 3.05) is 13.1 Å². The van der Waals surface area contributed by atoms with Crippen molar-refractivity contribution in [2.45, 2.75) is 44.4 Å². The molecule has 32 heavy (non-hydrogen) atoms. The first-order chi connectivity index (χ1) is 15.2. The molecule has 1 aliphatic rings. The van der Waals surface area contributed by atoms with Crippen molar-refractivity contribution in [3.05, 3.63) is 57.9 Å². The van der Waals surface area contributed by atoms with Crippen LogP contribution in [0.5, 0.6) is 0 Å². The number of nitrogens with zero attached hydrogens (tertiary/aromatic N) is 3. The molecule has 3 aromatic rings. The fraction of sp³-hybridized carbons (Fsp3) is 0.364. The van der Waals surface area contributed by atoms with E-state index in [1.165, 1.54) is 39.9 Å². The highest BCUT2D eigenvalue weighted by Crippen LogP contribution is 2.23. The second-order valence-electron chi connectivity index (χ2n) is 7.76. The molecule has 1 aromatic heterocycles. The van der Waals surface area contributed by atoms with Gasteiger partial charge in [0.05, 0.1) is 27.3 Å². The lowest BCUT2D eigenvalue weighted by Crippen LogP contribution is -2.48. The first kappa shape index (κ1) is 23.1. The Morgan fingerprint density at radius 1 is 1.16 bits per heavy atom. The minimum absolute atomic E-state index is 0.149. The molecule has 2 atom stereocenters. The maximum absolute atomic E-state index is 13.0. The Labute approximate surface area is 196 Å². The highest BCUT2D eigenvalue weighted by molar-refractivity contribution is 7.89. The number of hydrogen-bond donors (Lipinski definition) is 0. The number of morpholine rings is 1. The number of rotatable bonds is 4. The summed E-state index contributed by atoms with van der Waals surface area (Å²) in [6.45, 7) is 6.95. The highest BCUT2D eigenvalue weighted by atomic mass is 35.5. The number of hydrogen-bond acceptors (Lipinski definition) is 5. The number of fused-ring (bicyclic) bond motifs is 1. The van der Waals surface area contributed by atoms with E-state index in [0.29, 0.717) is 35.0 Å². The van der Waals surface area contributed by atoms with E-state index in [-0.39, 0.29) is 17.1 Å². The quantitative estimate of drug-likeness (QED) is 0.551. The van der Waals surface area contributed by atoms with Crippen molar-refractivity contribution in [1.82, 2.24) is 8.87 Å². The lowest BCUT2D eigenvalue weighted by molar-refractivity contribution is -0.0440. The molecule has 170 valence electrons. The average molecular weight is 494 g/mol. The Balaban J connectivity index is 1.62. The molecular weight excluding hydrogens is 470 g/mol. The minimum Gasteiger partial charge on any atom is -0.373 e. The molecule has 10 heteroatoms. The zero-order valence-corrected chi connectivity index (χ0v) is 20.4. The molecule has 0 N–H and O–H groups in total. The van der Waals surface area contributed by atoms with E-state index >= 15 is 0 Å². The third kappa shape index (κ3) is 4.53. The van der Waals surface area contributed by atoms with Gasteiger partial charge in [-0.1, -0.05) is 22.9 Å². The van der Waals surface area contributed by atoms with Crippen LogP contribution in [0.2, 0.25) is 5.02 Å². The summed E-state index contributed by atoms with van der Waals surface area (Å²) in [6, 6.07) is 11.5. The van der Waals surface area contributed by atoms with E-state index in [2.05, 4.69) is 4.99 Å². The summed E-state index contributed by atoms with van der Waals surface area (Å²) in [5, 5.41) is 0.626. The molecule has 0 saturated carbocycles. The monoisotopic (exact) mass is 493 g/mol. The second kappa shape index (κ2) is 9.07. The maximum atomic E-state index is 13.0. The van der Waals surface area contributed by atoms with Gasteiger partial charge in [0.2, 0.25) is 10.0 Å². The largest absolute Gasteiger partial charge is 0.373 e. The lowest BCUT2D eigenvalue weighted by Gasteiger charge is -2.34. The molecule has 7 nitrogen and oxygen atoms in total. The Morgan fingerprint density at radius 3 is 2.44 bits per heavy atom. The van der Waals surface area contributed by atoms with Crippen molar-refractivity contribution in [3.8, 4) is 0 Å². The highest BCUT2D eigenvalue weighted by Gasteiger charge is 2.32. The van der Waals surface area contributed by atoms with E-state index in [0.717, 1.165) is 10.2 Å². The number of aromatic nitrogens is 1. The first-order valence-electron chi connectivity index (χ1n) is 10.3. The van der Waals surface area contributed by atoms with Gasteiger partial charge < -0.3 is 9.30 Å². The normalized spacial score (nSPS) is 20.7. The zero-order chi connectivity index (χ0) is 23.0. The third-order valence-corrected chi connectivity index (χ3v) is 8.41. The van der Waals surface area contributed by atoms with Crippen molar-refractivity contribution in [3.63, 3.8) is 0 Å². The van der Waals surface area contributed by atoms with Gasteiger partial charge in [0, 0.05) is 30.2 Å². The van der Waals surface area contributed by atoms with Crippen molar-refractivity contribution in [1.29, 1.82) is 0 Å². The van der Waals surface area contributed by atoms with E-state index in [4.69, 9.17) is 16.3 Å². The molecule has 0 aliphatic carbocycles. The van der Waals surface area contributed by atoms with Gasteiger partial charge in [-0.2, -0.15) is 9.30 Å². The Kier molecular flexibility index (Phi) is 6.56. The van der Waals surface area contributed by atoms with E-state index < -0.39 is 15.9 Å². The van der Waals surface area contributed by atoms with Crippen molar-refractivity contribution in [2.24, 2.45) is 4.99 Å². The van der Waals surface area contributed by atoms with Crippen molar-refractivity contribution < 1.29 is 17.9 Å². The molecule has 4 rings (SSSR count). The van der Waals surface area contributed by atoms with E-state index in [1.54, 1.807) is 0 Å². The summed E-state index contributed by atoms with van der Waals surface area (Å²) in [7, 11) is -3.66. The topological polar surface area (TPSA) is 81.0 Å². The fourth-order valence-electron chi connectivity index (χ4n) is 3.83. The van der Waals surface area contributed by atoms with Crippen LogP contribution in [0.15, 0.2) is 52.4 Å². The zero-order valence-electron chi connectivity index (χ0n) is 18.0. The van der Waals surface area contributed by atoms with Crippen LogP contribution in [0.4, 0.5) is 0 Å². The van der Waals surface area contributed by atoms with Gasteiger partial charge in [-0.3, -0.25) is 4.79 Å². The average Bonchev–Trinajstić information content (AvgIpc) is 3.08. The molecule has 2 aromatic carbocycles. The Bertz CT molecular complexity index is 1320. The van der Waals surface area contributed by atoms with Crippen LogP contribution >= 0.6 is 22.9 Å². The van der Waals surface area contributed by atoms with Gasteiger partial charge in [-0.15, -0.1) is 0 Å². The molecule has 0 radical (unpaired) electrons. The number of carbonyl (C=O) groups is 1. The Hall–Kier alpha value is -2.04. The molecule has 0 bridgehead atoms. The summed E-state index contributed by atoms with van der Waals surface area (Å²) in [4.78, 5) is 17.8. The second-order valence-corrected chi connectivity index (χ2v) is 11.1. The van der Waals surface area contributed by atoms with Gasteiger partial charge in [0.25, 0.3) is 5.91 Å². The summed E-state index contributed by atoms with van der Waals surface area (Å²) in [5.41, 5.74) is 1.29. The molecular formula is C22H24ClN3O4S2. The number of aryl methyl sites for hydroxylation is 1. The molecule has 1 saturated heterocycles. The SMILES string of the molecule is CCn1c(=NC(=O)c2ccc(S(=O)(=O)N3C[C@@H](C)O[C@@H](C)C3)cc2)sc2cc(Cl)ccc21. The van der Waals surface area contributed by atoms with Crippen LogP contribution in [-0.4, -0.2) is 48.5 Å². The van der Waals surface area contributed by atoms with Crippen LogP contribution in [0, 0.1) is 0 Å². The molecule has 0 unspecified atom stereocenters. The maximum Gasteiger partial charge on any atom is 0.279 e. The number of sulfonamides is 1. The molecule has 2 heterocycles. The lowest BCUT2D eigenvalue weighted by atomic mass is 10.2. The van der Waals surface area contributed by atoms with Gasteiger partial charge >= 0.3 is 0 Å². The van der Waals surface area contributed by atoms with Crippen LogP contribution in [0.25, 0.3) is 10.2 Å². The standard InChI is InChI=1S/C22H24ClN3O4S2/c1-4-26-19-10-7-17(23)11-20(19)31-22(26)24-21(27)16-5-8-18(9-6-16)32(28,29)25-12-14(2)30-15(3)13-25/h5-11,14-15H,4,12-13H2,1-3H3/t14-,15+. The van der Waals surface area contributed by atoms with E-state index in [1.807, 2.05) is 43.5 Å². The molecule has 1 fully saturated rings. The number of ether oxygens (including phenoxy) is 1. The number of halogens is 1. The fourth-order valence-corrected chi connectivity index (χ4v) is 6.79. The molecule has 1 amide bonds. The Morgan fingerprint density at radius 2 is 1.81 bits per heavy atom. The van der Waals surface area contributed by atoms with Crippen LogP contribution in [0.3, 0.4) is 0 Å². The molecule has 0 spiro atoms. The van der Waals surface area contributed by atoms with Crippen LogP contribution in [0.1, 0.15) is 31.1 Å². The summed E-state index contributed by atoms with van der Waals surface area (Å²) in [6.07, 6.45) is -0.343. The summed E-state index contributed by atoms with van der Waals surface area (Å²) in [5.74, 6) is -0.428. The number of amides is 1. The summed E-state index contributed by atoms with van der Waals surface area (Å²) >= 11 is 7.48. The van der Waals surface area contributed by atoms with Gasteiger partial charge in [0.15, 0.2) is 4.80 Å². The van der Waals surface area contributed by atoms with Crippen molar-refractivity contribution >= 4 is 49.1 Å². The third-order valence-electron chi connectivity index (χ3n) is 5.28. The smallest absolute Gasteiger partial charge is 0.279 e. The number of benzene rings is 2. The minimum atomic E-state index is -3.66. The predicted octanol–water partition coefficient (Wildman–Crippen LogP) is 3.92. The summed E-state index contributed by atoms with van der Waals surface area (Å²) < 4.78 is 36.0. The predicted molar refractivity (Wildman–Crippen MR) is 126 cm³/mol. The van der Waals surface area contributed by atoms with Gasteiger partial charge in [-0.25, -0.2) is 8.42 Å². The van der Waals surface area contributed by atoms with Crippen LogP contribution < -0.4 is 4.80 Å². The number of carbonyl (C=O) groups excluding carboxylic acids is 1.